The quantitative estimate of drug-likeness (QED) is 0.640. The van der Waals surface area contributed by atoms with Crippen LogP contribution in [0.1, 0.15) is 13.3 Å². The maximum atomic E-state index is 11.5. The number of hydrogen-bond acceptors (Lipinski definition) is 3. The van der Waals surface area contributed by atoms with Crippen LogP contribution < -0.4 is 0 Å². The summed E-state index contributed by atoms with van der Waals surface area (Å²) in [7, 11) is 0. The van der Waals surface area contributed by atoms with E-state index in [1.807, 2.05) is 13.0 Å². The van der Waals surface area contributed by atoms with Crippen molar-refractivity contribution in [2.24, 2.45) is 0 Å². The molecular formula is C11H13NO3. The Morgan fingerprint density at radius 3 is 3.20 bits per heavy atom. The van der Waals surface area contributed by atoms with Gasteiger partial charge in [-0.2, -0.15) is 0 Å². The van der Waals surface area contributed by atoms with Crippen LogP contribution in [-0.2, 0) is 4.74 Å². The van der Waals surface area contributed by atoms with E-state index in [0.29, 0.717) is 6.54 Å². The molecule has 3 rings (SSSR count). The SMILES string of the molecule is CC=C1C2=CCCN3C(=O)O[C@H]([C@H]1O)[C@H]23. The van der Waals surface area contributed by atoms with E-state index >= 15 is 0 Å². The smallest absolute Gasteiger partial charge is 0.410 e. The summed E-state index contributed by atoms with van der Waals surface area (Å²) < 4.78 is 5.20. The number of carbonyl (C=O) groups excluding carboxylic acids is 1. The first-order valence-electron chi connectivity index (χ1n) is 5.26. The molecule has 0 aromatic carbocycles. The molecule has 2 heterocycles. The summed E-state index contributed by atoms with van der Waals surface area (Å²) in [6, 6.07) is -0.0487. The molecule has 4 heteroatoms. The Balaban J connectivity index is 2.10. The van der Waals surface area contributed by atoms with Gasteiger partial charge in [0.2, 0.25) is 0 Å². The van der Waals surface area contributed by atoms with Crippen LogP contribution in [0.2, 0.25) is 0 Å². The minimum absolute atomic E-state index is 0.0487. The fraction of sp³-hybridized carbons (Fsp3) is 0.545. The summed E-state index contributed by atoms with van der Waals surface area (Å²) >= 11 is 0. The maximum Gasteiger partial charge on any atom is 0.410 e. The number of hydrogen-bond donors (Lipinski definition) is 1. The number of amides is 1. The predicted octanol–water partition coefficient (Wildman–Crippen LogP) is 0.827. The molecule has 1 saturated heterocycles. The fourth-order valence-corrected chi connectivity index (χ4v) is 2.81. The molecule has 0 bridgehead atoms. The van der Waals surface area contributed by atoms with Gasteiger partial charge in [0.1, 0.15) is 12.1 Å². The van der Waals surface area contributed by atoms with Crippen LogP contribution in [0.4, 0.5) is 4.79 Å². The molecule has 1 saturated carbocycles. The number of allylic oxidation sites excluding steroid dienone is 1. The van der Waals surface area contributed by atoms with Crippen molar-refractivity contribution in [3.63, 3.8) is 0 Å². The zero-order chi connectivity index (χ0) is 10.6. The summed E-state index contributed by atoms with van der Waals surface area (Å²) in [5.74, 6) is 0. The summed E-state index contributed by atoms with van der Waals surface area (Å²) in [4.78, 5) is 13.2. The van der Waals surface area contributed by atoms with Crippen LogP contribution in [0, 0.1) is 0 Å². The highest BCUT2D eigenvalue weighted by Crippen LogP contribution is 2.43. The van der Waals surface area contributed by atoms with Crippen molar-refractivity contribution in [1.82, 2.24) is 4.90 Å². The molecule has 0 unspecified atom stereocenters. The lowest BCUT2D eigenvalue weighted by molar-refractivity contribution is 0.0581. The van der Waals surface area contributed by atoms with Gasteiger partial charge in [-0.3, -0.25) is 4.90 Å². The lowest BCUT2D eigenvalue weighted by atomic mass is 10.0. The monoisotopic (exact) mass is 207 g/mol. The molecule has 4 nitrogen and oxygen atoms in total. The number of rotatable bonds is 0. The first kappa shape index (κ1) is 8.97. The molecule has 1 N–H and O–H groups in total. The standard InChI is InChI=1S/C11H13NO3/c1-2-6-7-4-3-5-12-8(7)10(9(6)13)15-11(12)14/h2,4,8-10,13H,3,5H2,1H3/t8-,9-,10-/m0/s1. The van der Waals surface area contributed by atoms with E-state index in [0.717, 1.165) is 17.6 Å². The van der Waals surface area contributed by atoms with E-state index in [1.54, 1.807) is 4.90 Å². The minimum Gasteiger partial charge on any atom is -0.440 e. The number of nitrogens with zero attached hydrogens (tertiary/aromatic N) is 1. The molecule has 0 radical (unpaired) electrons. The third kappa shape index (κ3) is 0.973. The molecule has 3 aliphatic rings. The normalized spacial score (nSPS) is 40.5. The predicted molar refractivity (Wildman–Crippen MR) is 53.2 cm³/mol. The van der Waals surface area contributed by atoms with Gasteiger partial charge < -0.3 is 9.84 Å². The van der Waals surface area contributed by atoms with Crippen LogP contribution in [0.25, 0.3) is 0 Å². The van der Waals surface area contributed by atoms with Gasteiger partial charge in [0.05, 0.1) is 0 Å². The Kier molecular flexibility index (Phi) is 1.71. The highest BCUT2D eigenvalue weighted by molar-refractivity contribution is 5.74. The molecule has 0 spiro atoms. The van der Waals surface area contributed by atoms with Crippen LogP contribution in [0.3, 0.4) is 0 Å². The van der Waals surface area contributed by atoms with Gasteiger partial charge in [-0.15, -0.1) is 0 Å². The van der Waals surface area contributed by atoms with Gasteiger partial charge in [-0.1, -0.05) is 12.2 Å². The van der Waals surface area contributed by atoms with Gasteiger partial charge in [-0.05, 0) is 24.5 Å². The summed E-state index contributed by atoms with van der Waals surface area (Å²) in [6.07, 6.45) is 3.53. The maximum absolute atomic E-state index is 11.5. The first-order valence-corrected chi connectivity index (χ1v) is 5.26. The third-order valence-corrected chi connectivity index (χ3v) is 3.45. The molecule has 1 amide bonds. The van der Waals surface area contributed by atoms with Crippen molar-refractivity contribution < 1.29 is 14.6 Å². The van der Waals surface area contributed by atoms with Crippen LogP contribution in [-0.4, -0.2) is 40.9 Å². The fourth-order valence-electron chi connectivity index (χ4n) is 2.81. The Morgan fingerprint density at radius 2 is 2.47 bits per heavy atom. The van der Waals surface area contributed by atoms with Crippen LogP contribution in [0.5, 0.6) is 0 Å². The second-order valence-electron chi connectivity index (χ2n) is 4.12. The number of carbonyl (C=O) groups is 1. The van der Waals surface area contributed by atoms with E-state index < -0.39 is 12.2 Å². The van der Waals surface area contributed by atoms with Crippen molar-refractivity contribution in [2.45, 2.75) is 31.6 Å². The number of aliphatic hydroxyl groups is 1. The third-order valence-electron chi connectivity index (χ3n) is 3.45. The Hall–Kier alpha value is -1.29. The Morgan fingerprint density at radius 1 is 1.67 bits per heavy atom. The molecule has 80 valence electrons. The first-order chi connectivity index (χ1) is 7.24. The Bertz CT molecular complexity index is 385. The highest BCUT2D eigenvalue weighted by Gasteiger charge is 2.54. The summed E-state index contributed by atoms with van der Waals surface area (Å²) in [5, 5.41) is 10.0. The average Bonchev–Trinajstić information content (AvgIpc) is 2.70. The van der Waals surface area contributed by atoms with Crippen molar-refractivity contribution >= 4 is 6.09 Å². The molecule has 3 atom stereocenters. The molecule has 1 aliphatic carbocycles. The van der Waals surface area contributed by atoms with Crippen LogP contribution >= 0.6 is 0 Å². The lowest BCUT2D eigenvalue weighted by Crippen LogP contribution is -2.38. The molecular weight excluding hydrogens is 194 g/mol. The van der Waals surface area contributed by atoms with E-state index in [2.05, 4.69) is 6.08 Å². The molecule has 2 fully saturated rings. The van der Waals surface area contributed by atoms with Crippen molar-refractivity contribution in [1.29, 1.82) is 0 Å². The van der Waals surface area contributed by atoms with Gasteiger partial charge in [0.25, 0.3) is 0 Å². The topological polar surface area (TPSA) is 49.8 Å². The largest absolute Gasteiger partial charge is 0.440 e. The lowest BCUT2D eigenvalue weighted by Gasteiger charge is -2.25. The Labute approximate surface area is 87.8 Å². The average molecular weight is 207 g/mol. The van der Waals surface area contributed by atoms with Gasteiger partial charge in [0, 0.05) is 6.54 Å². The highest BCUT2D eigenvalue weighted by atomic mass is 16.6. The summed E-state index contributed by atoms with van der Waals surface area (Å²) in [5.41, 5.74) is 1.99. The zero-order valence-corrected chi connectivity index (χ0v) is 8.51. The van der Waals surface area contributed by atoms with Gasteiger partial charge in [0.15, 0.2) is 6.10 Å². The van der Waals surface area contributed by atoms with Gasteiger partial charge in [-0.25, -0.2) is 4.79 Å². The number of ether oxygens (including phenoxy) is 1. The molecule has 0 aromatic rings. The van der Waals surface area contributed by atoms with E-state index in [4.69, 9.17) is 4.74 Å². The number of aliphatic hydroxyl groups excluding tert-OH is 1. The van der Waals surface area contributed by atoms with Crippen molar-refractivity contribution in [3.05, 3.63) is 23.3 Å². The van der Waals surface area contributed by atoms with Crippen LogP contribution in [0.15, 0.2) is 23.3 Å². The van der Waals surface area contributed by atoms with Crippen molar-refractivity contribution in [3.8, 4) is 0 Å². The molecule has 0 aromatic heterocycles. The molecule has 15 heavy (non-hydrogen) atoms. The van der Waals surface area contributed by atoms with Crippen molar-refractivity contribution in [2.75, 3.05) is 6.54 Å². The minimum atomic E-state index is -0.654. The van der Waals surface area contributed by atoms with E-state index in [9.17, 15) is 9.90 Å². The zero-order valence-electron chi connectivity index (χ0n) is 8.51. The summed E-state index contributed by atoms with van der Waals surface area (Å²) in [6.45, 7) is 2.61. The molecule has 2 aliphatic heterocycles. The van der Waals surface area contributed by atoms with Gasteiger partial charge >= 0.3 is 6.09 Å². The van der Waals surface area contributed by atoms with E-state index in [1.165, 1.54) is 0 Å². The second kappa shape index (κ2) is 2.85. The second-order valence-corrected chi connectivity index (χ2v) is 4.12. The van der Waals surface area contributed by atoms with E-state index in [-0.39, 0.29) is 12.1 Å².